The van der Waals surface area contributed by atoms with Crippen LogP contribution in [0.2, 0.25) is 0 Å². The van der Waals surface area contributed by atoms with Gasteiger partial charge in [0.15, 0.2) is 0 Å². The summed E-state index contributed by atoms with van der Waals surface area (Å²) in [5.41, 5.74) is 0. The van der Waals surface area contributed by atoms with Gasteiger partial charge < -0.3 is 10.1 Å². The highest BCUT2D eigenvalue weighted by Gasteiger charge is 2.22. The van der Waals surface area contributed by atoms with Crippen molar-refractivity contribution in [3.8, 4) is 0 Å². The molecule has 0 aromatic carbocycles. The largest absolute Gasteiger partial charge is 0.465 e. The number of nitrogens with one attached hydrogen (secondary N) is 1. The molecule has 0 radical (unpaired) electrons. The fraction of sp³-hybridized carbons (Fsp3) is 0.545. The maximum absolute atomic E-state index is 11.8. The smallest absolute Gasteiger partial charge is 0.328 e. The number of carbonyl (C=O) groups excluding carboxylic acids is 1. The molecule has 90 valence electrons. The summed E-state index contributed by atoms with van der Waals surface area (Å²) in [6.07, 6.45) is 0.989. The second kappa shape index (κ2) is 7.04. The maximum Gasteiger partial charge on any atom is 0.328 e. The summed E-state index contributed by atoms with van der Waals surface area (Å²) >= 11 is 4.94. The van der Waals surface area contributed by atoms with E-state index in [1.807, 2.05) is 18.4 Å². The molecule has 1 atom stereocenters. The number of esters is 1. The Bertz CT molecular complexity index is 340. The van der Waals surface area contributed by atoms with Gasteiger partial charge in [0, 0.05) is 14.7 Å². The Kier molecular flexibility index (Phi) is 6.01. The van der Waals surface area contributed by atoms with E-state index in [9.17, 15) is 4.79 Å². The van der Waals surface area contributed by atoms with E-state index in [-0.39, 0.29) is 12.0 Å². The summed E-state index contributed by atoms with van der Waals surface area (Å²) in [5, 5.41) is 5.17. The zero-order chi connectivity index (χ0) is 12.0. The van der Waals surface area contributed by atoms with Crippen molar-refractivity contribution in [2.24, 2.45) is 0 Å². The van der Waals surface area contributed by atoms with E-state index >= 15 is 0 Å². The van der Waals surface area contributed by atoms with Crippen molar-refractivity contribution in [2.45, 2.75) is 26.3 Å². The van der Waals surface area contributed by atoms with Crippen LogP contribution in [0.15, 0.2) is 15.9 Å². The first-order valence-corrected chi connectivity index (χ1v) is 7.00. The molecular weight excluding hydrogens is 290 g/mol. The molecule has 0 aliphatic heterocycles. The molecule has 0 aliphatic rings. The van der Waals surface area contributed by atoms with Gasteiger partial charge in [-0.25, -0.2) is 4.79 Å². The Morgan fingerprint density at radius 2 is 2.38 bits per heavy atom. The van der Waals surface area contributed by atoms with Crippen LogP contribution >= 0.6 is 27.3 Å². The van der Waals surface area contributed by atoms with Crippen LogP contribution in [-0.2, 0) is 9.53 Å². The Balaban J connectivity index is 2.74. The average Bonchev–Trinajstić information content (AvgIpc) is 2.66. The number of ether oxygens (including phenoxy) is 1. The van der Waals surface area contributed by atoms with Crippen LogP contribution in [0.25, 0.3) is 0 Å². The van der Waals surface area contributed by atoms with E-state index in [4.69, 9.17) is 4.74 Å². The van der Waals surface area contributed by atoms with E-state index in [1.165, 1.54) is 0 Å². The van der Waals surface area contributed by atoms with Gasteiger partial charge in [0.2, 0.25) is 0 Å². The SMILES string of the molecule is CCCNC(C(=O)OCC)c1cc(Br)cs1. The first-order chi connectivity index (χ1) is 7.69. The molecule has 0 bridgehead atoms. The summed E-state index contributed by atoms with van der Waals surface area (Å²) < 4.78 is 6.05. The predicted molar refractivity (Wildman–Crippen MR) is 69.7 cm³/mol. The molecule has 1 aromatic rings. The van der Waals surface area contributed by atoms with E-state index in [1.54, 1.807) is 11.3 Å². The van der Waals surface area contributed by atoms with Crippen LogP contribution < -0.4 is 5.32 Å². The molecule has 0 saturated carbocycles. The van der Waals surface area contributed by atoms with Crippen LogP contribution in [-0.4, -0.2) is 19.1 Å². The second-order valence-electron chi connectivity index (χ2n) is 3.31. The topological polar surface area (TPSA) is 38.3 Å². The van der Waals surface area contributed by atoms with Crippen molar-refractivity contribution < 1.29 is 9.53 Å². The van der Waals surface area contributed by atoms with Crippen molar-refractivity contribution in [3.05, 3.63) is 20.8 Å². The third-order valence-corrected chi connectivity index (χ3v) is 3.75. The molecule has 0 spiro atoms. The van der Waals surface area contributed by atoms with Crippen molar-refractivity contribution in [2.75, 3.05) is 13.2 Å². The highest BCUT2D eigenvalue weighted by molar-refractivity contribution is 9.10. The number of rotatable bonds is 6. The molecule has 1 N–H and O–H groups in total. The van der Waals surface area contributed by atoms with Crippen LogP contribution in [0.3, 0.4) is 0 Å². The Morgan fingerprint density at radius 3 is 2.88 bits per heavy atom. The minimum absolute atomic E-state index is 0.203. The first-order valence-electron chi connectivity index (χ1n) is 5.33. The van der Waals surface area contributed by atoms with Gasteiger partial charge in [-0.1, -0.05) is 6.92 Å². The molecule has 0 fully saturated rings. The van der Waals surface area contributed by atoms with Gasteiger partial charge in [-0.3, -0.25) is 0 Å². The van der Waals surface area contributed by atoms with Gasteiger partial charge in [0.1, 0.15) is 6.04 Å². The molecule has 0 amide bonds. The summed E-state index contributed by atoms with van der Waals surface area (Å²) in [6, 6.07) is 1.62. The van der Waals surface area contributed by atoms with E-state index in [2.05, 4.69) is 28.2 Å². The van der Waals surface area contributed by atoms with Gasteiger partial charge >= 0.3 is 5.97 Å². The van der Waals surface area contributed by atoms with Crippen molar-refractivity contribution in [3.63, 3.8) is 0 Å². The van der Waals surface area contributed by atoms with Gasteiger partial charge in [0.25, 0.3) is 0 Å². The minimum atomic E-state index is -0.337. The molecule has 1 rings (SSSR count). The summed E-state index contributed by atoms with van der Waals surface area (Å²) in [6.45, 7) is 5.10. The van der Waals surface area contributed by atoms with Crippen LogP contribution in [0.5, 0.6) is 0 Å². The number of thiophene rings is 1. The fourth-order valence-corrected chi connectivity index (χ4v) is 2.80. The highest BCUT2D eigenvalue weighted by atomic mass is 79.9. The zero-order valence-electron chi connectivity index (χ0n) is 9.46. The molecule has 1 unspecified atom stereocenters. The van der Waals surface area contributed by atoms with Crippen molar-refractivity contribution >= 4 is 33.2 Å². The summed E-state index contributed by atoms with van der Waals surface area (Å²) in [4.78, 5) is 12.8. The molecule has 16 heavy (non-hydrogen) atoms. The van der Waals surface area contributed by atoms with E-state index < -0.39 is 0 Å². The zero-order valence-corrected chi connectivity index (χ0v) is 11.9. The van der Waals surface area contributed by atoms with E-state index in [0.717, 1.165) is 22.3 Å². The highest BCUT2D eigenvalue weighted by Crippen LogP contribution is 2.26. The first kappa shape index (κ1) is 13.7. The quantitative estimate of drug-likeness (QED) is 0.821. The minimum Gasteiger partial charge on any atom is -0.465 e. The predicted octanol–water partition coefficient (Wildman–Crippen LogP) is 3.11. The van der Waals surface area contributed by atoms with Crippen molar-refractivity contribution in [1.29, 1.82) is 0 Å². The second-order valence-corrected chi connectivity index (χ2v) is 5.16. The van der Waals surface area contributed by atoms with Gasteiger partial charge in [0.05, 0.1) is 6.61 Å². The monoisotopic (exact) mass is 305 g/mol. The molecule has 1 aromatic heterocycles. The number of hydrogen-bond acceptors (Lipinski definition) is 4. The normalized spacial score (nSPS) is 12.4. The number of hydrogen-bond donors (Lipinski definition) is 1. The lowest BCUT2D eigenvalue weighted by molar-refractivity contribution is -0.145. The lowest BCUT2D eigenvalue weighted by atomic mass is 10.2. The third kappa shape index (κ3) is 3.88. The third-order valence-electron chi connectivity index (χ3n) is 1.99. The lowest BCUT2D eigenvalue weighted by Gasteiger charge is -2.15. The maximum atomic E-state index is 11.8. The lowest BCUT2D eigenvalue weighted by Crippen LogP contribution is -2.30. The molecule has 0 saturated heterocycles. The average molecular weight is 306 g/mol. The van der Waals surface area contributed by atoms with Crippen LogP contribution in [0.4, 0.5) is 0 Å². The van der Waals surface area contributed by atoms with Gasteiger partial charge in [-0.15, -0.1) is 11.3 Å². The number of carbonyl (C=O) groups is 1. The van der Waals surface area contributed by atoms with Crippen LogP contribution in [0.1, 0.15) is 31.2 Å². The number of halogens is 1. The standard InChI is InChI=1S/C11H16BrNO2S/c1-3-5-13-10(11(14)15-4-2)9-6-8(12)7-16-9/h6-7,10,13H,3-5H2,1-2H3. The molecule has 0 aliphatic carbocycles. The summed E-state index contributed by atoms with van der Waals surface area (Å²) in [5.74, 6) is -0.203. The van der Waals surface area contributed by atoms with Crippen molar-refractivity contribution in [1.82, 2.24) is 5.32 Å². The Labute approximate surface area is 108 Å². The molecule has 1 heterocycles. The summed E-state index contributed by atoms with van der Waals surface area (Å²) in [7, 11) is 0. The fourth-order valence-electron chi connectivity index (χ4n) is 1.29. The van der Waals surface area contributed by atoms with Gasteiger partial charge in [-0.2, -0.15) is 0 Å². The Morgan fingerprint density at radius 1 is 1.62 bits per heavy atom. The van der Waals surface area contributed by atoms with Crippen LogP contribution in [0, 0.1) is 0 Å². The van der Waals surface area contributed by atoms with E-state index in [0.29, 0.717) is 6.61 Å². The molecular formula is C11H16BrNO2S. The van der Waals surface area contributed by atoms with Gasteiger partial charge in [-0.05, 0) is 41.9 Å². The molecule has 3 nitrogen and oxygen atoms in total. The Hall–Kier alpha value is -0.390. The molecule has 5 heteroatoms.